The van der Waals surface area contributed by atoms with Crippen molar-refractivity contribution >= 4 is 42.1 Å². The van der Waals surface area contributed by atoms with Crippen LogP contribution in [0.4, 0.5) is 11.4 Å². The molecule has 0 unspecified atom stereocenters. The van der Waals surface area contributed by atoms with Crippen LogP contribution < -0.4 is 10.6 Å². The molecule has 114 valence electrons. The molecule has 5 nitrogen and oxygen atoms in total. The maximum absolute atomic E-state index is 12.5. The summed E-state index contributed by atoms with van der Waals surface area (Å²) in [4.78, 5) is 18.2. The lowest BCUT2D eigenvalue weighted by molar-refractivity contribution is 0.0957. The summed E-state index contributed by atoms with van der Waals surface area (Å²) in [7, 11) is 0. The molecule has 0 radical (unpaired) electrons. The maximum Gasteiger partial charge on any atom is 0.295 e. The number of hydrogen-bond donors (Lipinski definition) is 1. The van der Waals surface area contributed by atoms with Crippen LogP contribution in [0.2, 0.25) is 0 Å². The van der Waals surface area contributed by atoms with Crippen LogP contribution in [0, 0.1) is 6.92 Å². The average Bonchev–Trinajstić information content (AvgIpc) is 2.84. The average molecular weight is 330 g/mol. The zero-order chi connectivity index (χ0) is 13.4. The first-order valence-electron chi connectivity index (χ1n) is 6.28. The number of anilines is 2. The minimum atomic E-state index is -0.151. The van der Waals surface area contributed by atoms with Crippen molar-refractivity contribution in [2.24, 2.45) is 0 Å². The number of halogens is 2. The summed E-state index contributed by atoms with van der Waals surface area (Å²) >= 11 is 0. The first-order valence-corrected chi connectivity index (χ1v) is 6.28. The Bertz CT molecular complexity index is 643. The second kappa shape index (κ2) is 6.83. The number of nitrogen functional groups attached to an aromatic ring is 1. The molecule has 1 aromatic carbocycles. The van der Waals surface area contributed by atoms with Crippen molar-refractivity contribution < 1.29 is 9.21 Å². The molecule has 0 saturated carbocycles. The molecule has 0 fully saturated rings. The second-order valence-electron chi connectivity index (χ2n) is 4.67. The molecule has 21 heavy (non-hydrogen) atoms. The summed E-state index contributed by atoms with van der Waals surface area (Å²) in [6.45, 7) is 2.44. The summed E-state index contributed by atoms with van der Waals surface area (Å²) in [5.74, 6) is 0.150. The van der Waals surface area contributed by atoms with Gasteiger partial charge >= 0.3 is 0 Å². The number of rotatable bonds is 1. The highest BCUT2D eigenvalue weighted by molar-refractivity contribution is 6.05. The van der Waals surface area contributed by atoms with E-state index in [4.69, 9.17) is 10.2 Å². The minimum Gasteiger partial charge on any atom is -0.438 e. The van der Waals surface area contributed by atoms with E-state index in [0.29, 0.717) is 18.0 Å². The number of aryl methyl sites for hydroxylation is 1. The van der Waals surface area contributed by atoms with Gasteiger partial charge in [0.15, 0.2) is 6.39 Å². The third-order valence-corrected chi connectivity index (χ3v) is 3.47. The van der Waals surface area contributed by atoms with Gasteiger partial charge in [0.05, 0.1) is 5.69 Å². The predicted molar refractivity (Wildman–Crippen MR) is 86.6 cm³/mol. The van der Waals surface area contributed by atoms with Gasteiger partial charge in [-0.05, 0) is 37.5 Å². The van der Waals surface area contributed by atoms with Gasteiger partial charge in [-0.25, -0.2) is 4.98 Å². The van der Waals surface area contributed by atoms with Crippen LogP contribution in [0.3, 0.4) is 0 Å². The molecule has 1 aliphatic heterocycles. The minimum absolute atomic E-state index is 0. The Hall–Kier alpha value is -1.72. The topological polar surface area (TPSA) is 72.4 Å². The number of carbonyl (C=O) groups excluding carboxylic acids is 1. The van der Waals surface area contributed by atoms with Crippen LogP contribution >= 0.6 is 24.8 Å². The van der Waals surface area contributed by atoms with E-state index in [-0.39, 0.29) is 30.7 Å². The zero-order valence-electron chi connectivity index (χ0n) is 11.5. The van der Waals surface area contributed by atoms with Crippen molar-refractivity contribution in [1.82, 2.24) is 4.98 Å². The Kier molecular flexibility index (Phi) is 5.63. The fourth-order valence-electron chi connectivity index (χ4n) is 2.49. The fraction of sp³-hybridized carbons (Fsp3) is 0.286. The molecule has 2 N–H and O–H groups in total. The van der Waals surface area contributed by atoms with E-state index in [1.807, 2.05) is 18.2 Å². The first-order chi connectivity index (χ1) is 9.18. The quantitative estimate of drug-likeness (QED) is 0.816. The standard InChI is InChI=1S/C14H15N3O2.2ClH/c1-9-13(19-8-16-9)14(18)17-7-3-4-10-11(15)5-2-6-12(10)17;;/h2,5-6,8H,3-4,7,15H2,1H3;2*1H. The SMILES string of the molecule is Cc1ncoc1C(=O)N1CCCc2c(N)cccc21.Cl.Cl. The third kappa shape index (κ3) is 2.99. The molecule has 2 aromatic rings. The summed E-state index contributed by atoms with van der Waals surface area (Å²) in [6.07, 6.45) is 3.11. The van der Waals surface area contributed by atoms with Gasteiger partial charge in [0.2, 0.25) is 5.76 Å². The highest BCUT2D eigenvalue weighted by Gasteiger charge is 2.27. The van der Waals surface area contributed by atoms with Gasteiger partial charge in [0, 0.05) is 17.9 Å². The molecule has 0 atom stereocenters. The van der Waals surface area contributed by atoms with Gasteiger partial charge in [-0.2, -0.15) is 0 Å². The zero-order valence-corrected chi connectivity index (χ0v) is 13.2. The molecular formula is C14H17Cl2N3O2. The van der Waals surface area contributed by atoms with Crippen LogP contribution in [0.5, 0.6) is 0 Å². The largest absolute Gasteiger partial charge is 0.438 e. The van der Waals surface area contributed by atoms with Gasteiger partial charge < -0.3 is 15.1 Å². The van der Waals surface area contributed by atoms with Gasteiger partial charge in [0.25, 0.3) is 5.91 Å². The van der Waals surface area contributed by atoms with Crippen molar-refractivity contribution in [3.05, 3.63) is 41.6 Å². The van der Waals surface area contributed by atoms with Crippen LogP contribution in [0.25, 0.3) is 0 Å². The van der Waals surface area contributed by atoms with Crippen molar-refractivity contribution in [3.63, 3.8) is 0 Å². The van der Waals surface area contributed by atoms with E-state index in [1.54, 1.807) is 11.8 Å². The Morgan fingerprint density at radius 1 is 1.38 bits per heavy atom. The van der Waals surface area contributed by atoms with Gasteiger partial charge in [0.1, 0.15) is 0 Å². The summed E-state index contributed by atoms with van der Waals surface area (Å²) in [5.41, 5.74) is 9.25. The Labute approximate surface area is 135 Å². The third-order valence-electron chi connectivity index (χ3n) is 3.47. The van der Waals surface area contributed by atoms with Crippen LogP contribution in [-0.2, 0) is 6.42 Å². The molecule has 2 heterocycles. The van der Waals surface area contributed by atoms with Crippen molar-refractivity contribution in [3.8, 4) is 0 Å². The molecule has 0 aliphatic carbocycles. The molecule has 0 bridgehead atoms. The van der Waals surface area contributed by atoms with Gasteiger partial charge in [-0.15, -0.1) is 24.8 Å². The number of benzene rings is 1. The second-order valence-corrected chi connectivity index (χ2v) is 4.67. The molecule has 0 saturated heterocycles. The lowest BCUT2D eigenvalue weighted by atomic mass is 9.99. The smallest absolute Gasteiger partial charge is 0.295 e. The molecule has 1 amide bonds. The molecular weight excluding hydrogens is 313 g/mol. The number of oxazole rings is 1. The highest BCUT2D eigenvalue weighted by atomic mass is 35.5. The summed E-state index contributed by atoms with van der Waals surface area (Å²) in [6, 6.07) is 5.66. The van der Waals surface area contributed by atoms with E-state index < -0.39 is 0 Å². The highest BCUT2D eigenvalue weighted by Crippen LogP contribution is 2.32. The van der Waals surface area contributed by atoms with Gasteiger partial charge in [-0.1, -0.05) is 6.07 Å². The maximum atomic E-state index is 12.5. The van der Waals surface area contributed by atoms with Crippen LogP contribution in [0.1, 0.15) is 28.2 Å². The van der Waals surface area contributed by atoms with E-state index in [0.717, 1.165) is 29.8 Å². The molecule has 1 aliphatic rings. The Morgan fingerprint density at radius 2 is 2.14 bits per heavy atom. The molecule has 1 aromatic heterocycles. The van der Waals surface area contributed by atoms with E-state index in [9.17, 15) is 4.79 Å². The Balaban J connectivity index is 0.00000110. The molecule has 7 heteroatoms. The number of aromatic nitrogens is 1. The lowest BCUT2D eigenvalue weighted by Crippen LogP contribution is -2.35. The lowest BCUT2D eigenvalue weighted by Gasteiger charge is -2.29. The first kappa shape index (κ1) is 17.3. The number of nitrogens with two attached hydrogens (primary N) is 1. The predicted octanol–water partition coefficient (Wildman–Crippen LogP) is 3.00. The number of hydrogen-bond acceptors (Lipinski definition) is 4. The van der Waals surface area contributed by atoms with E-state index in [2.05, 4.69) is 4.98 Å². The normalized spacial score (nSPS) is 12.9. The summed E-state index contributed by atoms with van der Waals surface area (Å²) in [5, 5.41) is 0. The Morgan fingerprint density at radius 3 is 2.81 bits per heavy atom. The van der Waals surface area contributed by atoms with Gasteiger partial charge in [-0.3, -0.25) is 4.79 Å². The van der Waals surface area contributed by atoms with E-state index >= 15 is 0 Å². The van der Waals surface area contributed by atoms with Crippen molar-refractivity contribution in [1.29, 1.82) is 0 Å². The fourth-order valence-corrected chi connectivity index (χ4v) is 2.49. The number of nitrogens with zero attached hydrogens (tertiary/aromatic N) is 2. The molecule has 0 spiro atoms. The number of fused-ring (bicyclic) bond motifs is 1. The number of carbonyl (C=O) groups is 1. The summed E-state index contributed by atoms with van der Waals surface area (Å²) < 4.78 is 5.19. The van der Waals surface area contributed by atoms with Crippen molar-refractivity contribution in [2.75, 3.05) is 17.2 Å². The number of amides is 1. The van der Waals surface area contributed by atoms with Crippen molar-refractivity contribution in [2.45, 2.75) is 19.8 Å². The van der Waals surface area contributed by atoms with Crippen LogP contribution in [0.15, 0.2) is 29.0 Å². The monoisotopic (exact) mass is 329 g/mol. The molecule has 3 rings (SSSR count). The van der Waals surface area contributed by atoms with Crippen LogP contribution in [-0.4, -0.2) is 17.4 Å². The van der Waals surface area contributed by atoms with E-state index in [1.165, 1.54) is 6.39 Å².